The van der Waals surface area contributed by atoms with Crippen LogP contribution >= 0.6 is 0 Å². The monoisotopic (exact) mass is 464 g/mol. The molecular weight excluding hydrogens is 432 g/mol. The summed E-state index contributed by atoms with van der Waals surface area (Å²) in [5.74, 6) is 1.27. The van der Waals surface area contributed by atoms with Crippen molar-refractivity contribution in [1.29, 1.82) is 0 Å². The summed E-state index contributed by atoms with van der Waals surface area (Å²) >= 11 is 0. The fourth-order valence-corrected chi connectivity index (χ4v) is 3.38. The summed E-state index contributed by atoms with van der Waals surface area (Å²) in [6, 6.07) is 13.0. The van der Waals surface area contributed by atoms with Crippen molar-refractivity contribution < 1.29 is 19.0 Å². The topological polar surface area (TPSA) is 85.8 Å². The average Bonchev–Trinajstić information content (AvgIpc) is 2.88. The van der Waals surface area contributed by atoms with E-state index in [-0.39, 0.29) is 6.61 Å². The van der Waals surface area contributed by atoms with Crippen molar-refractivity contribution in [2.45, 2.75) is 20.8 Å². The van der Waals surface area contributed by atoms with Gasteiger partial charge in [-0.1, -0.05) is 26.0 Å². The maximum absolute atomic E-state index is 12.5. The zero-order valence-corrected chi connectivity index (χ0v) is 20.2. The van der Waals surface area contributed by atoms with Crippen LogP contribution in [0.15, 0.2) is 54.9 Å². The van der Waals surface area contributed by atoms with Gasteiger partial charge in [0.2, 0.25) is 5.95 Å². The lowest BCUT2D eigenvalue weighted by Gasteiger charge is -2.19. The Bertz CT molecular complexity index is 1050. The zero-order chi connectivity index (χ0) is 24.3. The van der Waals surface area contributed by atoms with Crippen LogP contribution in [-0.4, -0.2) is 60.8 Å². The van der Waals surface area contributed by atoms with Crippen molar-refractivity contribution in [3.63, 3.8) is 0 Å². The van der Waals surface area contributed by atoms with Crippen LogP contribution in [0.3, 0.4) is 0 Å². The number of hydrogen-bond donors (Lipinski definition) is 1. The highest BCUT2D eigenvalue weighted by Crippen LogP contribution is 2.26. The molecule has 34 heavy (non-hydrogen) atoms. The van der Waals surface area contributed by atoms with Crippen molar-refractivity contribution in [2.75, 3.05) is 45.3 Å². The number of benzene rings is 2. The number of nitrogens with zero attached hydrogens (tertiary/aromatic N) is 3. The van der Waals surface area contributed by atoms with Gasteiger partial charge in [0.25, 0.3) is 0 Å². The number of hydrogen-bond acceptors (Lipinski definition) is 8. The van der Waals surface area contributed by atoms with Gasteiger partial charge in [0.05, 0.1) is 13.7 Å². The quantitative estimate of drug-likeness (QED) is 0.383. The van der Waals surface area contributed by atoms with E-state index in [4.69, 9.17) is 14.2 Å². The lowest BCUT2D eigenvalue weighted by Crippen LogP contribution is -2.28. The Morgan fingerprint density at radius 3 is 2.29 bits per heavy atom. The zero-order valence-electron chi connectivity index (χ0n) is 20.2. The maximum Gasteiger partial charge on any atom is 0.341 e. The summed E-state index contributed by atoms with van der Waals surface area (Å²) in [5.41, 5.74) is 2.90. The van der Waals surface area contributed by atoms with Crippen molar-refractivity contribution in [1.82, 2.24) is 14.9 Å². The van der Waals surface area contributed by atoms with Gasteiger partial charge >= 0.3 is 5.97 Å². The van der Waals surface area contributed by atoms with Gasteiger partial charge in [0.1, 0.15) is 23.7 Å². The molecule has 0 spiro atoms. The second-order valence-electron chi connectivity index (χ2n) is 7.46. The van der Waals surface area contributed by atoms with Gasteiger partial charge in [-0.3, -0.25) is 0 Å². The molecule has 3 aromatic rings. The molecule has 0 radical (unpaired) electrons. The highest BCUT2D eigenvalue weighted by atomic mass is 16.5. The largest absolute Gasteiger partial charge is 0.497 e. The van der Waals surface area contributed by atoms with Crippen LogP contribution in [0.2, 0.25) is 0 Å². The molecule has 0 saturated heterocycles. The summed E-state index contributed by atoms with van der Waals surface area (Å²) in [4.78, 5) is 23.6. The Kier molecular flexibility index (Phi) is 9.22. The molecule has 180 valence electrons. The van der Waals surface area contributed by atoms with E-state index in [1.807, 2.05) is 30.3 Å². The van der Waals surface area contributed by atoms with Crippen molar-refractivity contribution in [3.8, 4) is 22.6 Å². The number of methoxy groups -OCH3 is 1. The SMILES string of the molecule is CCOC(=O)c1cc(Nc2ncc(-c3ccc(OC)cc3)cn2)ccc1OCCN(CC)CC. The molecule has 0 aliphatic rings. The molecule has 0 amide bonds. The Hall–Kier alpha value is -3.65. The molecule has 0 fully saturated rings. The first-order valence-corrected chi connectivity index (χ1v) is 11.5. The van der Waals surface area contributed by atoms with Crippen molar-refractivity contribution in [2.24, 2.45) is 0 Å². The predicted molar refractivity (Wildman–Crippen MR) is 133 cm³/mol. The van der Waals surface area contributed by atoms with E-state index < -0.39 is 5.97 Å². The molecule has 1 N–H and O–H groups in total. The van der Waals surface area contributed by atoms with Crippen LogP contribution in [0, 0.1) is 0 Å². The Morgan fingerprint density at radius 2 is 1.68 bits per heavy atom. The van der Waals surface area contributed by atoms with E-state index in [1.54, 1.807) is 38.6 Å². The smallest absolute Gasteiger partial charge is 0.341 e. The van der Waals surface area contributed by atoms with Crippen LogP contribution in [0.25, 0.3) is 11.1 Å². The second kappa shape index (κ2) is 12.6. The molecule has 0 aliphatic heterocycles. The number of rotatable bonds is 12. The van der Waals surface area contributed by atoms with E-state index in [0.29, 0.717) is 29.6 Å². The average molecular weight is 465 g/mol. The summed E-state index contributed by atoms with van der Waals surface area (Å²) in [6.07, 6.45) is 3.49. The molecule has 0 saturated carbocycles. The molecule has 0 bridgehead atoms. The minimum absolute atomic E-state index is 0.283. The van der Waals surface area contributed by atoms with Crippen molar-refractivity contribution in [3.05, 3.63) is 60.4 Å². The first-order chi connectivity index (χ1) is 16.6. The normalized spacial score (nSPS) is 10.7. The lowest BCUT2D eigenvalue weighted by molar-refractivity contribution is 0.0521. The van der Waals surface area contributed by atoms with E-state index >= 15 is 0 Å². The standard InChI is InChI=1S/C26H32N4O4/c1-5-30(6-2)14-15-34-24-13-10-21(16-23(24)25(31)33-7-3)29-26-27-17-20(18-28-26)19-8-11-22(32-4)12-9-19/h8-13,16-18H,5-7,14-15H2,1-4H3,(H,27,28,29). The number of anilines is 2. The van der Waals surface area contributed by atoms with Gasteiger partial charge in [0.15, 0.2) is 0 Å². The number of carbonyl (C=O) groups is 1. The number of likely N-dealkylation sites (N-methyl/N-ethyl adjacent to an activating group) is 1. The van der Waals surface area contributed by atoms with Crippen LogP contribution in [0.5, 0.6) is 11.5 Å². The van der Waals surface area contributed by atoms with E-state index in [1.165, 1.54) is 0 Å². The number of ether oxygens (including phenoxy) is 3. The minimum Gasteiger partial charge on any atom is -0.497 e. The van der Waals surface area contributed by atoms with E-state index in [9.17, 15) is 4.79 Å². The van der Waals surface area contributed by atoms with Gasteiger partial charge in [-0.15, -0.1) is 0 Å². The number of aromatic nitrogens is 2. The first-order valence-electron chi connectivity index (χ1n) is 11.5. The van der Waals surface area contributed by atoms with Crippen LogP contribution in [0.4, 0.5) is 11.6 Å². The van der Waals surface area contributed by atoms with Gasteiger partial charge in [-0.05, 0) is 55.9 Å². The highest BCUT2D eigenvalue weighted by molar-refractivity contribution is 5.94. The Balaban J connectivity index is 1.73. The van der Waals surface area contributed by atoms with Gasteiger partial charge in [0, 0.05) is 30.2 Å². The van der Waals surface area contributed by atoms with Gasteiger partial charge < -0.3 is 24.4 Å². The third kappa shape index (κ3) is 6.68. The Morgan fingerprint density at radius 1 is 0.971 bits per heavy atom. The summed E-state index contributed by atoms with van der Waals surface area (Å²) in [6.45, 7) is 9.44. The molecule has 3 rings (SSSR count). The Labute approximate surface area is 200 Å². The molecule has 0 aliphatic carbocycles. The fourth-order valence-electron chi connectivity index (χ4n) is 3.38. The molecule has 8 nitrogen and oxygen atoms in total. The third-order valence-corrected chi connectivity index (χ3v) is 5.37. The van der Waals surface area contributed by atoms with E-state index in [0.717, 1.165) is 36.5 Å². The number of esters is 1. The molecule has 1 aromatic heterocycles. The van der Waals surface area contributed by atoms with Gasteiger partial charge in [-0.2, -0.15) is 0 Å². The minimum atomic E-state index is -0.431. The molecular formula is C26H32N4O4. The molecule has 1 heterocycles. The van der Waals surface area contributed by atoms with Crippen LogP contribution in [0.1, 0.15) is 31.1 Å². The van der Waals surface area contributed by atoms with Crippen LogP contribution in [-0.2, 0) is 4.74 Å². The molecule has 0 unspecified atom stereocenters. The predicted octanol–water partition coefficient (Wildman–Crippen LogP) is 4.79. The van der Waals surface area contributed by atoms with Crippen LogP contribution < -0.4 is 14.8 Å². The summed E-state index contributed by atoms with van der Waals surface area (Å²) in [5, 5.41) is 3.14. The van der Waals surface area contributed by atoms with Crippen molar-refractivity contribution >= 4 is 17.6 Å². The second-order valence-corrected chi connectivity index (χ2v) is 7.46. The molecule has 0 atom stereocenters. The maximum atomic E-state index is 12.5. The molecule has 2 aromatic carbocycles. The number of nitrogens with one attached hydrogen (secondary N) is 1. The highest BCUT2D eigenvalue weighted by Gasteiger charge is 2.16. The van der Waals surface area contributed by atoms with E-state index in [2.05, 4.69) is 34.0 Å². The number of carbonyl (C=O) groups excluding carboxylic acids is 1. The first kappa shape index (κ1) is 25.0. The lowest BCUT2D eigenvalue weighted by atomic mass is 10.1. The van der Waals surface area contributed by atoms with Gasteiger partial charge in [-0.25, -0.2) is 14.8 Å². The third-order valence-electron chi connectivity index (χ3n) is 5.37. The fraction of sp³-hybridized carbons (Fsp3) is 0.346. The summed E-state index contributed by atoms with van der Waals surface area (Å²) in [7, 11) is 1.64. The summed E-state index contributed by atoms with van der Waals surface area (Å²) < 4.78 is 16.3. The molecule has 8 heteroatoms.